The fourth-order valence-electron chi connectivity index (χ4n) is 1.63. The summed E-state index contributed by atoms with van der Waals surface area (Å²) >= 11 is 0. The number of aromatic nitrogens is 4. The zero-order valence-electron chi connectivity index (χ0n) is 10.2. The van der Waals surface area contributed by atoms with Crippen LogP contribution in [0.3, 0.4) is 0 Å². The topological polar surface area (TPSA) is 81.6 Å². The third kappa shape index (κ3) is 2.20. The highest BCUT2D eigenvalue weighted by molar-refractivity contribution is 5.61. The molecule has 2 aromatic rings. The molecule has 0 spiro atoms. The summed E-state index contributed by atoms with van der Waals surface area (Å²) in [4.78, 5) is 8.17. The summed E-state index contributed by atoms with van der Waals surface area (Å²) in [5.41, 5.74) is 7.79. The van der Waals surface area contributed by atoms with Gasteiger partial charge in [-0.3, -0.25) is 4.68 Å². The van der Waals surface area contributed by atoms with Crippen LogP contribution >= 0.6 is 0 Å². The smallest absolute Gasteiger partial charge is 0.153 e. The monoisotopic (exact) mass is 232 g/mol. The van der Waals surface area contributed by atoms with Gasteiger partial charge in [0.05, 0.1) is 0 Å². The Kier molecular flexibility index (Phi) is 2.95. The largest absolute Gasteiger partial charge is 0.383 e. The summed E-state index contributed by atoms with van der Waals surface area (Å²) in [6.07, 6.45) is 2.23. The Morgan fingerprint density at radius 3 is 2.76 bits per heavy atom. The van der Waals surface area contributed by atoms with E-state index in [1.165, 1.54) is 6.33 Å². The normalized spacial score (nSPS) is 10.5. The van der Waals surface area contributed by atoms with E-state index < -0.39 is 0 Å². The van der Waals surface area contributed by atoms with E-state index in [2.05, 4.69) is 20.4 Å². The summed E-state index contributed by atoms with van der Waals surface area (Å²) in [6, 6.07) is 1.96. The van der Waals surface area contributed by atoms with Gasteiger partial charge in [0, 0.05) is 24.4 Å². The molecule has 2 heterocycles. The Bertz CT molecular complexity index is 511. The number of hydrogen-bond acceptors (Lipinski definition) is 5. The Labute approximate surface area is 99.9 Å². The van der Waals surface area contributed by atoms with Gasteiger partial charge in [-0.05, 0) is 13.3 Å². The molecule has 3 N–H and O–H groups in total. The van der Waals surface area contributed by atoms with Crippen LogP contribution in [0.5, 0.6) is 0 Å². The average molecular weight is 232 g/mol. The van der Waals surface area contributed by atoms with Crippen molar-refractivity contribution in [3.8, 4) is 0 Å². The first-order valence-corrected chi connectivity index (χ1v) is 5.48. The van der Waals surface area contributed by atoms with Crippen LogP contribution in [-0.2, 0) is 13.5 Å². The predicted molar refractivity (Wildman–Crippen MR) is 67.1 cm³/mol. The number of nitrogen functional groups attached to an aromatic ring is 1. The molecule has 0 aliphatic carbocycles. The van der Waals surface area contributed by atoms with Gasteiger partial charge in [0.2, 0.25) is 0 Å². The van der Waals surface area contributed by atoms with Gasteiger partial charge in [-0.2, -0.15) is 5.10 Å². The Morgan fingerprint density at radius 1 is 1.41 bits per heavy atom. The van der Waals surface area contributed by atoms with Crippen molar-refractivity contribution in [3.63, 3.8) is 0 Å². The second kappa shape index (κ2) is 4.40. The van der Waals surface area contributed by atoms with Crippen LogP contribution in [0, 0.1) is 6.92 Å². The number of anilines is 3. The van der Waals surface area contributed by atoms with Crippen LogP contribution in [0.2, 0.25) is 0 Å². The number of aryl methyl sites for hydroxylation is 2. The third-order valence-electron chi connectivity index (χ3n) is 2.69. The molecule has 0 saturated heterocycles. The molecule has 0 aliphatic heterocycles. The van der Waals surface area contributed by atoms with Gasteiger partial charge in [0.1, 0.15) is 18.0 Å². The molecular weight excluding hydrogens is 216 g/mol. The maximum Gasteiger partial charge on any atom is 0.153 e. The van der Waals surface area contributed by atoms with Crippen LogP contribution in [0.1, 0.15) is 18.2 Å². The molecule has 0 fully saturated rings. The first-order chi connectivity index (χ1) is 8.11. The van der Waals surface area contributed by atoms with Crippen LogP contribution in [0.25, 0.3) is 0 Å². The Hall–Kier alpha value is -2.11. The second-order valence-electron chi connectivity index (χ2n) is 3.86. The molecule has 0 aliphatic rings. The summed E-state index contributed by atoms with van der Waals surface area (Å²) in [5.74, 6) is 1.99. The molecule has 17 heavy (non-hydrogen) atoms. The molecule has 0 amide bonds. The van der Waals surface area contributed by atoms with Crippen molar-refractivity contribution >= 4 is 17.5 Å². The van der Waals surface area contributed by atoms with E-state index in [4.69, 9.17) is 5.73 Å². The Morgan fingerprint density at radius 2 is 2.18 bits per heavy atom. The molecule has 6 nitrogen and oxygen atoms in total. The molecule has 6 heteroatoms. The van der Waals surface area contributed by atoms with Gasteiger partial charge < -0.3 is 11.1 Å². The van der Waals surface area contributed by atoms with Crippen molar-refractivity contribution in [3.05, 3.63) is 23.7 Å². The van der Waals surface area contributed by atoms with Crippen molar-refractivity contribution in [1.29, 1.82) is 0 Å². The first kappa shape index (κ1) is 11.4. The van der Waals surface area contributed by atoms with E-state index in [1.807, 2.05) is 27.0 Å². The van der Waals surface area contributed by atoms with Gasteiger partial charge in [-0.15, -0.1) is 0 Å². The van der Waals surface area contributed by atoms with Gasteiger partial charge in [-0.1, -0.05) is 6.92 Å². The van der Waals surface area contributed by atoms with Crippen LogP contribution < -0.4 is 11.1 Å². The summed E-state index contributed by atoms with van der Waals surface area (Å²) in [5, 5.41) is 7.48. The maximum absolute atomic E-state index is 5.80. The number of nitrogens with two attached hydrogens (primary N) is 1. The molecule has 0 unspecified atom stereocenters. The molecule has 2 aromatic heterocycles. The minimum absolute atomic E-state index is 0.512. The minimum Gasteiger partial charge on any atom is -0.383 e. The zero-order valence-corrected chi connectivity index (χ0v) is 10.2. The maximum atomic E-state index is 5.80. The van der Waals surface area contributed by atoms with E-state index in [0.29, 0.717) is 5.82 Å². The van der Waals surface area contributed by atoms with Crippen molar-refractivity contribution in [2.75, 3.05) is 11.1 Å². The van der Waals surface area contributed by atoms with Gasteiger partial charge >= 0.3 is 0 Å². The van der Waals surface area contributed by atoms with Crippen molar-refractivity contribution in [1.82, 2.24) is 19.7 Å². The van der Waals surface area contributed by atoms with Gasteiger partial charge in [0.15, 0.2) is 5.82 Å². The standard InChI is InChI=1S/C11H16N6/c1-4-8-10(12)13-6-14-11(8)15-9-5-7(2)17(3)16-9/h5-6H,4H2,1-3H3,(H3,12,13,14,15,16). The van der Waals surface area contributed by atoms with E-state index in [9.17, 15) is 0 Å². The molecule has 0 atom stereocenters. The fourth-order valence-corrected chi connectivity index (χ4v) is 1.63. The third-order valence-corrected chi connectivity index (χ3v) is 2.69. The molecule has 0 saturated carbocycles. The molecular formula is C11H16N6. The number of rotatable bonds is 3. The molecule has 0 radical (unpaired) electrons. The van der Waals surface area contributed by atoms with Crippen LogP contribution in [0.4, 0.5) is 17.5 Å². The highest BCUT2D eigenvalue weighted by Crippen LogP contribution is 2.21. The summed E-state index contributed by atoms with van der Waals surface area (Å²) < 4.78 is 1.80. The second-order valence-corrected chi connectivity index (χ2v) is 3.86. The van der Waals surface area contributed by atoms with Gasteiger partial charge in [-0.25, -0.2) is 9.97 Å². The SMILES string of the molecule is CCc1c(N)ncnc1Nc1cc(C)n(C)n1. The Balaban J connectivity index is 2.32. The minimum atomic E-state index is 0.512. The molecule has 0 aromatic carbocycles. The average Bonchev–Trinajstić information content (AvgIpc) is 2.58. The van der Waals surface area contributed by atoms with Crippen molar-refractivity contribution in [2.45, 2.75) is 20.3 Å². The lowest BCUT2D eigenvalue weighted by atomic mass is 10.2. The molecule has 0 bridgehead atoms. The van der Waals surface area contributed by atoms with Crippen LogP contribution in [-0.4, -0.2) is 19.7 Å². The summed E-state index contributed by atoms with van der Waals surface area (Å²) in [6.45, 7) is 4.01. The number of nitrogens with zero attached hydrogens (tertiary/aromatic N) is 4. The van der Waals surface area contributed by atoms with Crippen molar-refractivity contribution in [2.24, 2.45) is 7.05 Å². The first-order valence-electron chi connectivity index (χ1n) is 5.48. The van der Waals surface area contributed by atoms with E-state index in [-0.39, 0.29) is 0 Å². The highest BCUT2D eigenvalue weighted by atomic mass is 15.3. The lowest BCUT2D eigenvalue weighted by Crippen LogP contribution is -2.05. The molecule has 90 valence electrons. The lowest BCUT2D eigenvalue weighted by Gasteiger charge is -2.08. The van der Waals surface area contributed by atoms with Gasteiger partial charge in [0.25, 0.3) is 0 Å². The highest BCUT2D eigenvalue weighted by Gasteiger charge is 2.09. The zero-order chi connectivity index (χ0) is 12.4. The van der Waals surface area contributed by atoms with E-state index in [0.717, 1.165) is 29.3 Å². The lowest BCUT2D eigenvalue weighted by molar-refractivity contribution is 0.743. The number of nitrogens with one attached hydrogen (secondary N) is 1. The van der Waals surface area contributed by atoms with E-state index >= 15 is 0 Å². The predicted octanol–water partition coefficient (Wildman–Crippen LogP) is 1.41. The molecule has 2 rings (SSSR count). The van der Waals surface area contributed by atoms with E-state index in [1.54, 1.807) is 4.68 Å². The fraction of sp³-hybridized carbons (Fsp3) is 0.364. The summed E-state index contributed by atoms with van der Waals surface area (Å²) in [7, 11) is 1.90. The van der Waals surface area contributed by atoms with Crippen LogP contribution in [0.15, 0.2) is 12.4 Å². The van der Waals surface area contributed by atoms with Crippen molar-refractivity contribution < 1.29 is 0 Å². The quantitative estimate of drug-likeness (QED) is 0.836. The number of hydrogen-bond donors (Lipinski definition) is 2.